The van der Waals surface area contributed by atoms with Gasteiger partial charge in [0, 0.05) is 12.6 Å². The maximum absolute atomic E-state index is 11.0. The Morgan fingerprint density at radius 1 is 1.57 bits per heavy atom. The first kappa shape index (κ1) is 11.4. The second-order valence-corrected chi connectivity index (χ2v) is 3.76. The molecule has 0 spiro atoms. The van der Waals surface area contributed by atoms with Crippen LogP contribution in [0.15, 0.2) is 0 Å². The van der Waals surface area contributed by atoms with Crippen molar-refractivity contribution in [3.05, 3.63) is 0 Å². The van der Waals surface area contributed by atoms with Crippen LogP contribution in [-0.2, 0) is 9.63 Å². The maximum Gasteiger partial charge on any atom is 0.327 e. The van der Waals surface area contributed by atoms with Crippen molar-refractivity contribution in [3.63, 3.8) is 0 Å². The van der Waals surface area contributed by atoms with Gasteiger partial charge < -0.3 is 9.74 Å². The summed E-state index contributed by atoms with van der Waals surface area (Å²) in [4.78, 5) is 17.6. The Labute approximate surface area is 84.5 Å². The monoisotopic (exact) mass is 201 g/mol. The van der Waals surface area contributed by atoms with Gasteiger partial charge in [-0.1, -0.05) is 18.4 Å². The van der Waals surface area contributed by atoms with Gasteiger partial charge in [-0.3, -0.25) is 4.79 Å². The molecule has 5 nitrogen and oxygen atoms in total. The molecule has 0 unspecified atom stereocenters. The molecule has 0 radical (unpaired) electrons. The van der Waals surface area contributed by atoms with E-state index in [1.165, 1.54) is 25.7 Å². The molecule has 82 valence electrons. The Morgan fingerprint density at radius 2 is 2.21 bits per heavy atom. The molecule has 0 bridgehead atoms. The Morgan fingerprint density at radius 3 is 2.79 bits per heavy atom. The summed E-state index contributed by atoms with van der Waals surface area (Å²) < 4.78 is 0. The molecular weight excluding hydrogens is 182 g/mol. The molecule has 1 aliphatic rings. The van der Waals surface area contributed by atoms with Gasteiger partial charge in [0.1, 0.15) is 0 Å². The second kappa shape index (κ2) is 5.95. The maximum atomic E-state index is 11.0. The van der Waals surface area contributed by atoms with Gasteiger partial charge in [0.2, 0.25) is 0 Å². The van der Waals surface area contributed by atoms with Crippen LogP contribution in [0.1, 0.15) is 32.1 Å². The normalized spacial score (nSPS) is 17.6. The van der Waals surface area contributed by atoms with Gasteiger partial charge in [-0.05, 0) is 19.9 Å². The van der Waals surface area contributed by atoms with Crippen LogP contribution in [0.3, 0.4) is 0 Å². The highest BCUT2D eigenvalue weighted by atomic mass is 16.7. The number of nitrogens with one attached hydrogen (secondary N) is 1. The molecule has 0 atom stereocenters. The third kappa shape index (κ3) is 3.61. The highest BCUT2D eigenvalue weighted by Crippen LogP contribution is 2.22. The van der Waals surface area contributed by atoms with E-state index in [1.54, 1.807) is 0 Å². The first-order valence-electron chi connectivity index (χ1n) is 5.09. The van der Waals surface area contributed by atoms with Crippen molar-refractivity contribution in [2.24, 2.45) is 5.84 Å². The van der Waals surface area contributed by atoms with Crippen LogP contribution in [0, 0.1) is 0 Å². The first-order valence-corrected chi connectivity index (χ1v) is 5.09. The number of nitrogens with two attached hydrogens (primary N) is 1. The van der Waals surface area contributed by atoms with E-state index in [9.17, 15) is 4.79 Å². The third-order valence-corrected chi connectivity index (χ3v) is 2.79. The zero-order valence-electron chi connectivity index (χ0n) is 8.66. The molecule has 0 amide bonds. The van der Waals surface area contributed by atoms with Gasteiger partial charge in [0.05, 0.1) is 6.42 Å². The van der Waals surface area contributed by atoms with Crippen molar-refractivity contribution in [3.8, 4) is 0 Å². The molecule has 1 saturated carbocycles. The minimum Gasteiger partial charge on any atom is -0.356 e. The standard InChI is InChI=1S/C9H19N3O2/c1-12(8-4-2-3-5-8)7-6-9(13)14-11-10/h8,11H,2-7,10H2,1H3. The topological polar surface area (TPSA) is 67.6 Å². The average molecular weight is 201 g/mol. The lowest BCUT2D eigenvalue weighted by Crippen LogP contribution is -2.33. The molecule has 1 fully saturated rings. The van der Waals surface area contributed by atoms with Crippen LogP contribution in [0.5, 0.6) is 0 Å². The van der Waals surface area contributed by atoms with E-state index in [1.807, 2.05) is 5.59 Å². The number of carbonyl (C=O) groups is 1. The summed E-state index contributed by atoms with van der Waals surface area (Å²) in [5, 5.41) is 0. The summed E-state index contributed by atoms with van der Waals surface area (Å²) in [5.41, 5.74) is 1.89. The van der Waals surface area contributed by atoms with Crippen LogP contribution in [0.2, 0.25) is 0 Å². The fourth-order valence-corrected chi connectivity index (χ4v) is 1.91. The van der Waals surface area contributed by atoms with Crippen LogP contribution < -0.4 is 11.4 Å². The van der Waals surface area contributed by atoms with Gasteiger partial charge in [-0.2, -0.15) is 0 Å². The zero-order chi connectivity index (χ0) is 10.4. The molecule has 0 aromatic carbocycles. The van der Waals surface area contributed by atoms with Gasteiger partial charge in [-0.25, -0.2) is 5.84 Å². The minimum atomic E-state index is -0.308. The molecule has 1 rings (SSSR count). The van der Waals surface area contributed by atoms with E-state index < -0.39 is 0 Å². The number of carbonyl (C=O) groups excluding carboxylic acids is 1. The Bertz CT molecular complexity index is 181. The molecule has 3 N–H and O–H groups in total. The minimum absolute atomic E-state index is 0.308. The van der Waals surface area contributed by atoms with Gasteiger partial charge >= 0.3 is 5.97 Å². The Hall–Kier alpha value is -0.650. The van der Waals surface area contributed by atoms with Crippen LogP contribution >= 0.6 is 0 Å². The van der Waals surface area contributed by atoms with E-state index in [2.05, 4.69) is 16.8 Å². The summed E-state index contributed by atoms with van der Waals surface area (Å²) in [6.45, 7) is 0.741. The smallest absolute Gasteiger partial charge is 0.327 e. The predicted molar refractivity (Wildman–Crippen MR) is 52.9 cm³/mol. The van der Waals surface area contributed by atoms with E-state index in [0.717, 1.165) is 6.54 Å². The zero-order valence-corrected chi connectivity index (χ0v) is 8.66. The molecule has 14 heavy (non-hydrogen) atoms. The molecule has 1 aliphatic carbocycles. The molecule has 0 saturated heterocycles. The highest BCUT2D eigenvalue weighted by molar-refractivity contribution is 5.69. The molecule has 5 heteroatoms. The number of hydrogen-bond donors (Lipinski definition) is 2. The van der Waals surface area contributed by atoms with E-state index in [0.29, 0.717) is 12.5 Å². The summed E-state index contributed by atoms with van der Waals surface area (Å²) in [6.07, 6.45) is 5.51. The molecular formula is C9H19N3O2. The second-order valence-electron chi connectivity index (χ2n) is 3.76. The van der Waals surface area contributed by atoms with Crippen molar-refractivity contribution < 1.29 is 9.63 Å². The lowest BCUT2D eigenvalue weighted by atomic mass is 10.2. The summed E-state index contributed by atoms with van der Waals surface area (Å²) in [6, 6.07) is 0.647. The van der Waals surface area contributed by atoms with E-state index in [4.69, 9.17) is 5.84 Å². The molecule has 0 aliphatic heterocycles. The SMILES string of the molecule is CN(CCC(=O)ONN)C1CCCC1. The fourth-order valence-electron chi connectivity index (χ4n) is 1.91. The average Bonchev–Trinajstić information content (AvgIpc) is 2.67. The summed E-state index contributed by atoms with van der Waals surface area (Å²) >= 11 is 0. The number of hydrazine groups is 1. The van der Waals surface area contributed by atoms with E-state index >= 15 is 0 Å². The first-order chi connectivity index (χ1) is 6.74. The number of rotatable bonds is 5. The van der Waals surface area contributed by atoms with E-state index in [-0.39, 0.29) is 5.97 Å². The Kier molecular flexibility index (Phi) is 4.86. The molecule has 0 aromatic rings. The van der Waals surface area contributed by atoms with Crippen LogP contribution in [0.4, 0.5) is 0 Å². The Balaban J connectivity index is 2.13. The van der Waals surface area contributed by atoms with Crippen LogP contribution in [-0.4, -0.2) is 30.5 Å². The van der Waals surface area contributed by atoms with Crippen molar-refractivity contribution in [2.75, 3.05) is 13.6 Å². The quantitative estimate of drug-likeness (QED) is 0.490. The van der Waals surface area contributed by atoms with Crippen molar-refractivity contribution in [1.82, 2.24) is 10.5 Å². The van der Waals surface area contributed by atoms with Gasteiger partial charge in [0.25, 0.3) is 0 Å². The number of hydrogen-bond acceptors (Lipinski definition) is 5. The largest absolute Gasteiger partial charge is 0.356 e. The van der Waals surface area contributed by atoms with Gasteiger partial charge in [0.15, 0.2) is 0 Å². The molecule has 0 aromatic heterocycles. The highest BCUT2D eigenvalue weighted by Gasteiger charge is 2.19. The lowest BCUT2D eigenvalue weighted by molar-refractivity contribution is -0.151. The summed E-state index contributed by atoms with van der Waals surface area (Å²) in [5.74, 6) is 4.54. The summed E-state index contributed by atoms with van der Waals surface area (Å²) in [7, 11) is 2.05. The lowest BCUT2D eigenvalue weighted by Gasteiger charge is -2.23. The van der Waals surface area contributed by atoms with Crippen molar-refractivity contribution in [1.29, 1.82) is 0 Å². The molecule has 0 heterocycles. The fraction of sp³-hybridized carbons (Fsp3) is 0.889. The third-order valence-electron chi connectivity index (χ3n) is 2.79. The van der Waals surface area contributed by atoms with Crippen molar-refractivity contribution in [2.45, 2.75) is 38.1 Å². The van der Waals surface area contributed by atoms with Crippen molar-refractivity contribution >= 4 is 5.97 Å². The van der Waals surface area contributed by atoms with Gasteiger partial charge in [-0.15, -0.1) is 0 Å². The van der Waals surface area contributed by atoms with Crippen LogP contribution in [0.25, 0.3) is 0 Å². The predicted octanol–water partition coefficient (Wildman–Crippen LogP) is 0.172. The number of nitrogens with zero attached hydrogens (tertiary/aromatic N) is 1.